The molecule has 3 aromatic rings. The number of amides is 1. The minimum absolute atomic E-state index is 0.193. The second-order valence-electron chi connectivity index (χ2n) is 6.93. The summed E-state index contributed by atoms with van der Waals surface area (Å²) in [4.78, 5) is 19.3. The van der Waals surface area contributed by atoms with Gasteiger partial charge in [-0.1, -0.05) is 43.7 Å². The van der Waals surface area contributed by atoms with Gasteiger partial charge in [0.05, 0.1) is 23.1 Å². The Hall–Kier alpha value is -2.73. The summed E-state index contributed by atoms with van der Waals surface area (Å²) >= 11 is 5.75. The van der Waals surface area contributed by atoms with Crippen molar-refractivity contribution in [2.24, 2.45) is 0 Å². The number of imidazole rings is 1. The monoisotopic (exact) mass is 431 g/mol. The molecule has 3 rings (SSSR count). The number of benzene rings is 2. The van der Waals surface area contributed by atoms with Gasteiger partial charge in [-0.15, -0.1) is 11.6 Å². The summed E-state index contributed by atoms with van der Waals surface area (Å²) in [6.07, 6.45) is 5.40. The lowest BCUT2D eigenvalue weighted by Gasteiger charge is -2.23. The molecule has 0 fully saturated rings. The molecule has 0 bridgehead atoms. The lowest BCUT2D eigenvalue weighted by molar-refractivity contribution is 0.0729. The van der Waals surface area contributed by atoms with Gasteiger partial charge in [-0.05, 0) is 30.7 Å². The first kappa shape index (κ1) is 22.0. The molecule has 1 aromatic heterocycles. The van der Waals surface area contributed by atoms with Crippen molar-refractivity contribution in [2.75, 3.05) is 12.4 Å². The van der Waals surface area contributed by atoms with Crippen molar-refractivity contribution in [3.63, 3.8) is 0 Å². The normalized spacial score (nSPS) is 11.5. The molecule has 0 aliphatic rings. The van der Waals surface area contributed by atoms with Crippen molar-refractivity contribution in [2.45, 2.75) is 32.9 Å². The third-order valence-electron chi connectivity index (χ3n) is 4.86. The molecule has 0 spiro atoms. The Morgan fingerprint density at radius 3 is 2.73 bits per heavy atom. The van der Waals surface area contributed by atoms with E-state index in [-0.39, 0.29) is 12.1 Å². The minimum atomic E-state index is -1.12. The Morgan fingerprint density at radius 2 is 1.97 bits per heavy atom. The van der Waals surface area contributed by atoms with Crippen LogP contribution in [0.1, 0.15) is 35.9 Å². The molecule has 1 heterocycles. The van der Waals surface area contributed by atoms with Crippen molar-refractivity contribution in [1.82, 2.24) is 14.5 Å². The third-order valence-corrected chi connectivity index (χ3v) is 5.04. The van der Waals surface area contributed by atoms with Crippen molar-refractivity contribution < 1.29 is 13.6 Å². The van der Waals surface area contributed by atoms with E-state index in [2.05, 4.69) is 4.98 Å². The third kappa shape index (κ3) is 4.87. The zero-order chi connectivity index (χ0) is 21.5. The number of halogens is 3. The summed E-state index contributed by atoms with van der Waals surface area (Å²) < 4.78 is 29.9. The summed E-state index contributed by atoms with van der Waals surface area (Å²) in [6.45, 7) is 3.18. The summed E-state index contributed by atoms with van der Waals surface area (Å²) in [7, 11) is 0. The van der Waals surface area contributed by atoms with E-state index in [1.54, 1.807) is 0 Å². The quantitative estimate of drug-likeness (QED) is 0.329. The Bertz CT molecular complexity index is 1050. The maximum absolute atomic E-state index is 14.3. The average Bonchev–Trinajstić information content (AvgIpc) is 3.10. The molecule has 0 unspecified atom stereocenters. The van der Waals surface area contributed by atoms with Gasteiger partial charge in [0.15, 0.2) is 11.6 Å². The number of hydrogen-bond donors (Lipinski definition) is 0. The van der Waals surface area contributed by atoms with Crippen LogP contribution >= 0.6 is 11.6 Å². The van der Waals surface area contributed by atoms with Crippen LogP contribution in [0.15, 0.2) is 54.6 Å². The number of allylic oxidation sites excluding steroid dienone is 2. The first-order chi connectivity index (χ1) is 14.6. The molecular weight excluding hydrogens is 408 g/mol. The number of fused-ring (bicyclic) bond motifs is 1. The number of unbranched alkanes of at least 4 members (excludes halogenated alkanes) is 1. The van der Waals surface area contributed by atoms with Crippen LogP contribution < -0.4 is 0 Å². The van der Waals surface area contributed by atoms with Gasteiger partial charge in [-0.3, -0.25) is 4.79 Å². The summed E-state index contributed by atoms with van der Waals surface area (Å²) in [5, 5.41) is 0. The number of nitrogens with zero attached hydrogens (tertiary/aromatic N) is 3. The van der Waals surface area contributed by atoms with Crippen molar-refractivity contribution >= 4 is 28.5 Å². The van der Waals surface area contributed by atoms with Crippen LogP contribution in [0.3, 0.4) is 0 Å². The number of hydrogen-bond acceptors (Lipinski definition) is 2. The van der Waals surface area contributed by atoms with Crippen LogP contribution in [-0.4, -0.2) is 32.8 Å². The number of rotatable bonds is 9. The molecule has 30 heavy (non-hydrogen) atoms. The first-order valence-corrected chi connectivity index (χ1v) is 10.5. The van der Waals surface area contributed by atoms with Crippen molar-refractivity contribution in [3.05, 3.63) is 77.6 Å². The molecule has 0 N–H and O–H groups in total. The molecule has 0 atom stereocenters. The van der Waals surface area contributed by atoms with Crippen molar-refractivity contribution in [1.29, 1.82) is 0 Å². The smallest absolute Gasteiger partial charge is 0.257 e. The highest BCUT2D eigenvalue weighted by atomic mass is 35.5. The zero-order valence-corrected chi connectivity index (χ0v) is 17.6. The second-order valence-corrected chi connectivity index (χ2v) is 7.24. The predicted octanol–water partition coefficient (Wildman–Crippen LogP) is 5.55. The van der Waals surface area contributed by atoms with Gasteiger partial charge >= 0.3 is 0 Å². The number of alkyl halides is 1. The second kappa shape index (κ2) is 10.3. The van der Waals surface area contributed by atoms with E-state index in [0.717, 1.165) is 29.9 Å². The zero-order valence-electron chi connectivity index (χ0n) is 16.8. The van der Waals surface area contributed by atoms with E-state index < -0.39 is 17.5 Å². The highest BCUT2D eigenvalue weighted by molar-refractivity contribution is 6.18. The topological polar surface area (TPSA) is 38.1 Å². The highest BCUT2D eigenvalue weighted by Gasteiger charge is 2.23. The Labute approximate surface area is 179 Å². The molecule has 7 heteroatoms. The van der Waals surface area contributed by atoms with E-state index in [1.165, 1.54) is 17.0 Å². The number of carbonyl (C=O) groups is 1. The van der Waals surface area contributed by atoms with Gasteiger partial charge in [0.2, 0.25) is 0 Å². The Kier molecular flexibility index (Phi) is 7.57. The molecule has 1 amide bonds. The van der Waals surface area contributed by atoms with Gasteiger partial charge < -0.3 is 9.47 Å². The van der Waals surface area contributed by atoms with Crippen LogP contribution in [-0.2, 0) is 13.1 Å². The fraction of sp³-hybridized carbons (Fsp3) is 0.304. The Morgan fingerprint density at radius 1 is 1.17 bits per heavy atom. The maximum atomic E-state index is 14.3. The fourth-order valence-corrected chi connectivity index (χ4v) is 3.43. The van der Waals surface area contributed by atoms with Crippen LogP contribution in [0.25, 0.3) is 11.0 Å². The lowest BCUT2D eigenvalue weighted by Crippen LogP contribution is -2.33. The molecule has 0 saturated carbocycles. The van der Waals surface area contributed by atoms with E-state index in [0.29, 0.717) is 24.8 Å². The molecular formula is C23H24ClF2N3O. The molecule has 0 saturated heterocycles. The predicted molar refractivity (Wildman–Crippen MR) is 116 cm³/mol. The minimum Gasteiger partial charge on any atom is -0.331 e. The van der Waals surface area contributed by atoms with E-state index in [9.17, 15) is 13.6 Å². The summed E-state index contributed by atoms with van der Waals surface area (Å²) in [5.74, 6) is -1.62. The standard InChI is InChI=1S/C23H24ClF2N3O/c1-2-3-14-28(23(30)17-9-8-10-18(25)22(17)26)16-21-27-19-11-4-5-12-20(19)29(21)15-7-6-13-24/h4-12H,2-3,13-16H2,1H3/b7-6+. The molecule has 0 aliphatic heterocycles. The van der Waals surface area contributed by atoms with Gasteiger partial charge in [0.25, 0.3) is 5.91 Å². The van der Waals surface area contributed by atoms with Gasteiger partial charge in [-0.2, -0.15) is 0 Å². The average molecular weight is 432 g/mol. The number of para-hydroxylation sites is 2. The van der Waals surface area contributed by atoms with Gasteiger partial charge in [0, 0.05) is 19.0 Å². The Balaban J connectivity index is 1.97. The molecule has 0 radical (unpaired) electrons. The lowest BCUT2D eigenvalue weighted by atomic mass is 10.1. The van der Waals surface area contributed by atoms with E-state index in [4.69, 9.17) is 11.6 Å². The molecule has 4 nitrogen and oxygen atoms in total. The highest BCUT2D eigenvalue weighted by Crippen LogP contribution is 2.20. The van der Waals surface area contributed by atoms with Crippen LogP contribution in [0.2, 0.25) is 0 Å². The molecule has 158 valence electrons. The van der Waals surface area contributed by atoms with Crippen molar-refractivity contribution in [3.8, 4) is 0 Å². The first-order valence-electron chi connectivity index (χ1n) is 9.95. The van der Waals surface area contributed by atoms with Gasteiger partial charge in [0.1, 0.15) is 5.82 Å². The van der Waals surface area contributed by atoms with Gasteiger partial charge in [-0.25, -0.2) is 13.8 Å². The van der Waals surface area contributed by atoms with Crippen LogP contribution in [0.5, 0.6) is 0 Å². The fourth-order valence-electron chi connectivity index (χ4n) is 3.30. The van der Waals surface area contributed by atoms with Crippen LogP contribution in [0, 0.1) is 11.6 Å². The number of carbonyl (C=O) groups excluding carboxylic acids is 1. The maximum Gasteiger partial charge on any atom is 0.257 e. The molecule has 0 aliphatic carbocycles. The largest absolute Gasteiger partial charge is 0.331 e. The summed E-state index contributed by atoms with van der Waals surface area (Å²) in [5.41, 5.74) is 1.48. The van der Waals surface area contributed by atoms with Crippen LogP contribution in [0.4, 0.5) is 8.78 Å². The number of aromatic nitrogens is 2. The van der Waals surface area contributed by atoms with E-state index in [1.807, 2.05) is 47.9 Å². The SMILES string of the molecule is CCCCN(Cc1nc2ccccc2n1C/C=C/CCl)C(=O)c1cccc(F)c1F. The van der Waals surface area contributed by atoms with E-state index >= 15 is 0 Å². The summed E-state index contributed by atoms with van der Waals surface area (Å²) in [6, 6.07) is 11.4. The molecule has 2 aromatic carbocycles.